The van der Waals surface area contributed by atoms with Crippen molar-refractivity contribution >= 4 is 5.69 Å². The molecule has 0 fully saturated rings. The van der Waals surface area contributed by atoms with Crippen LogP contribution in [0.4, 0.5) is 5.69 Å². The van der Waals surface area contributed by atoms with E-state index in [2.05, 4.69) is 26.1 Å². The molecule has 1 heterocycles. The molecule has 0 amide bonds. The number of ether oxygens (including phenoxy) is 1. The summed E-state index contributed by atoms with van der Waals surface area (Å²) in [5.74, 6) is 0.870. The average molecular weight is 292 g/mol. The number of nitrogens with zero attached hydrogens (tertiary/aromatic N) is 1. The Labute approximate surface area is 125 Å². The number of methoxy groups -OCH3 is 1. The largest absolute Gasteiger partial charge is 0.496 e. The van der Waals surface area contributed by atoms with Gasteiger partial charge in [0.05, 0.1) is 7.11 Å². The molecule has 2 atom stereocenters. The summed E-state index contributed by atoms with van der Waals surface area (Å²) in [4.78, 5) is 1.68. The Morgan fingerprint density at radius 3 is 2.43 bits per heavy atom. The molecule has 3 N–H and O–H groups in total. The minimum absolute atomic E-state index is 0.0799. The highest BCUT2D eigenvalue weighted by Gasteiger charge is 2.25. The Morgan fingerprint density at radius 1 is 1.24 bits per heavy atom. The van der Waals surface area contributed by atoms with Crippen molar-refractivity contribution in [2.45, 2.75) is 45.7 Å². The van der Waals surface area contributed by atoms with Crippen molar-refractivity contribution < 1.29 is 14.9 Å². The smallest absolute Gasteiger partial charge is 0.190 e. The van der Waals surface area contributed by atoms with E-state index in [-0.39, 0.29) is 5.41 Å². The Morgan fingerprint density at radius 2 is 1.90 bits per heavy atom. The number of aryl methyl sites for hydroxylation is 1. The van der Waals surface area contributed by atoms with Gasteiger partial charge >= 0.3 is 0 Å². The zero-order chi connectivity index (χ0) is 15.8. The fourth-order valence-electron chi connectivity index (χ4n) is 2.50. The lowest BCUT2D eigenvalue weighted by atomic mass is 9.84. The van der Waals surface area contributed by atoms with Crippen molar-refractivity contribution in [3.8, 4) is 5.75 Å². The van der Waals surface area contributed by atoms with E-state index < -0.39 is 12.6 Å². The van der Waals surface area contributed by atoms with E-state index in [9.17, 15) is 10.2 Å². The maximum atomic E-state index is 10.1. The van der Waals surface area contributed by atoms with Gasteiger partial charge in [0, 0.05) is 17.5 Å². The minimum atomic E-state index is -0.967. The van der Waals surface area contributed by atoms with E-state index >= 15 is 0 Å². The van der Waals surface area contributed by atoms with Gasteiger partial charge < -0.3 is 19.8 Å². The van der Waals surface area contributed by atoms with Crippen LogP contribution in [0.15, 0.2) is 24.4 Å². The Kier molecular flexibility index (Phi) is 4.27. The highest BCUT2D eigenvalue weighted by molar-refractivity contribution is 5.60. The van der Waals surface area contributed by atoms with Crippen LogP contribution in [0.3, 0.4) is 0 Å². The molecule has 2 unspecified atom stereocenters. The quantitative estimate of drug-likeness (QED) is 0.776. The first-order chi connectivity index (χ1) is 9.74. The molecule has 0 aliphatic carbocycles. The molecule has 0 saturated heterocycles. The van der Waals surface area contributed by atoms with Crippen LogP contribution in [-0.2, 0) is 5.41 Å². The summed E-state index contributed by atoms with van der Waals surface area (Å²) in [5.41, 5.74) is 2.85. The van der Waals surface area contributed by atoms with Crippen LogP contribution in [0.1, 0.15) is 31.9 Å². The first kappa shape index (κ1) is 15.8. The van der Waals surface area contributed by atoms with Crippen LogP contribution < -0.4 is 15.0 Å². The molecule has 5 nitrogen and oxygen atoms in total. The second-order valence-corrected chi connectivity index (χ2v) is 6.33. The summed E-state index contributed by atoms with van der Waals surface area (Å²) in [7, 11) is 1.67. The fourth-order valence-corrected chi connectivity index (χ4v) is 2.50. The van der Waals surface area contributed by atoms with Crippen molar-refractivity contribution in [2.75, 3.05) is 12.0 Å². The van der Waals surface area contributed by atoms with Crippen LogP contribution in [0.25, 0.3) is 0 Å². The zero-order valence-electron chi connectivity index (χ0n) is 13.2. The zero-order valence-corrected chi connectivity index (χ0v) is 13.2. The molecule has 0 aromatic heterocycles. The number of hydrogen-bond donors (Lipinski definition) is 3. The lowest BCUT2D eigenvalue weighted by Crippen LogP contribution is -2.50. The predicted octanol–water partition coefficient (Wildman–Crippen LogP) is 1.82. The second-order valence-electron chi connectivity index (χ2n) is 6.33. The highest BCUT2D eigenvalue weighted by Crippen LogP contribution is 2.37. The normalized spacial score (nSPS) is 22.5. The molecule has 0 radical (unpaired) electrons. The van der Waals surface area contributed by atoms with E-state index in [1.807, 2.05) is 19.1 Å². The van der Waals surface area contributed by atoms with Crippen LogP contribution in [0.2, 0.25) is 0 Å². The van der Waals surface area contributed by atoms with Gasteiger partial charge in [0.1, 0.15) is 12.0 Å². The third kappa shape index (κ3) is 3.20. The molecule has 0 bridgehead atoms. The van der Waals surface area contributed by atoms with E-state index in [0.29, 0.717) is 0 Å². The standard InChI is InChI=1S/C16H24N2O3/c1-10-8-11(18-7-6-13(19)17-15(18)20)9-12(14(10)21-5)16(2,3)4/h6-9,13,15,17,19-20H,1-5H3. The van der Waals surface area contributed by atoms with Crippen molar-refractivity contribution in [1.82, 2.24) is 5.32 Å². The Hall–Kier alpha value is -1.56. The third-order valence-electron chi connectivity index (χ3n) is 3.58. The summed E-state index contributed by atoms with van der Waals surface area (Å²) in [5, 5.41) is 22.2. The molecule has 1 aliphatic rings. The van der Waals surface area contributed by atoms with Crippen LogP contribution >= 0.6 is 0 Å². The summed E-state index contributed by atoms with van der Waals surface area (Å²) < 4.78 is 5.53. The predicted molar refractivity (Wildman–Crippen MR) is 83.2 cm³/mol. The average Bonchev–Trinajstić information content (AvgIpc) is 2.36. The van der Waals surface area contributed by atoms with E-state index in [4.69, 9.17) is 4.74 Å². The lowest BCUT2D eigenvalue weighted by molar-refractivity contribution is 0.0610. The SMILES string of the molecule is COc1c(C)cc(N2C=CC(O)NC2O)cc1C(C)(C)C. The van der Waals surface area contributed by atoms with Gasteiger partial charge in [-0.2, -0.15) is 0 Å². The highest BCUT2D eigenvalue weighted by atomic mass is 16.5. The summed E-state index contributed by atoms with van der Waals surface area (Å²) in [6.07, 6.45) is 1.46. The molecule has 5 heteroatoms. The van der Waals surface area contributed by atoms with Crippen molar-refractivity contribution in [2.24, 2.45) is 0 Å². The van der Waals surface area contributed by atoms with Gasteiger partial charge in [-0.1, -0.05) is 20.8 Å². The Balaban J connectivity index is 2.51. The minimum Gasteiger partial charge on any atom is -0.496 e. The molecule has 116 valence electrons. The number of benzene rings is 1. The number of anilines is 1. The molecule has 21 heavy (non-hydrogen) atoms. The molecule has 1 aliphatic heterocycles. The van der Waals surface area contributed by atoms with Gasteiger partial charge in [-0.25, -0.2) is 5.32 Å². The number of aliphatic hydroxyl groups excluding tert-OH is 2. The van der Waals surface area contributed by atoms with Crippen molar-refractivity contribution in [3.63, 3.8) is 0 Å². The molecule has 1 aromatic rings. The van der Waals surface area contributed by atoms with Gasteiger partial charge in [-0.3, -0.25) is 0 Å². The summed E-state index contributed by atoms with van der Waals surface area (Å²) in [6.45, 7) is 8.36. The van der Waals surface area contributed by atoms with Crippen molar-refractivity contribution in [3.05, 3.63) is 35.5 Å². The van der Waals surface area contributed by atoms with Gasteiger partial charge in [0.25, 0.3) is 0 Å². The Bertz CT molecular complexity index is 549. The number of hydrogen-bond acceptors (Lipinski definition) is 5. The topological polar surface area (TPSA) is 65.0 Å². The van der Waals surface area contributed by atoms with E-state index in [1.165, 1.54) is 0 Å². The first-order valence-electron chi connectivity index (χ1n) is 7.02. The lowest BCUT2D eigenvalue weighted by Gasteiger charge is -2.34. The molecule has 0 spiro atoms. The molecule has 0 saturated carbocycles. The third-order valence-corrected chi connectivity index (χ3v) is 3.58. The van der Waals surface area contributed by atoms with Crippen LogP contribution in [0.5, 0.6) is 5.75 Å². The number of aliphatic hydroxyl groups is 2. The summed E-state index contributed by atoms with van der Waals surface area (Å²) >= 11 is 0. The van der Waals surface area contributed by atoms with E-state index in [1.54, 1.807) is 24.3 Å². The summed E-state index contributed by atoms with van der Waals surface area (Å²) in [6, 6.07) is 3.97. The molecule has 1 aromatic carbocycles. The van der Waals surface area contributed by atoms with Crippen LogP contribution in [-0.4, -0.2) is 29.9 Å². The molecule has 2 rings (SSSR count). The fraction of sp³-hybridized carbons (Fsp3) is 0.500. The van der Waals surface area contributed by atoms with Gasteiger partial charge in [-0.15, -0.1) is 0 Å². The second kappa shape index (κ2) is 5.67. The van der Waals surface area contributed by atoms with Gasteiger partial charge in [0.2, 0.25) is 0 Å². The number of nitrogens with one attached hydrogen (secondary N) is 1. The molecular weight excluding hydrogens is 268 g/mol. The first-order valence-corrected chi connectivity index (χ1v) is 7.02. The van der Waals surface area contributed by atoms with E-state index in [0.717, 1.165) is 22.6 Å². The monoisotopic (exact) mass is 292 g/mol. The van der Waals surface area contributed by atoms with Gasteiger partial charge in [0.15, 0.2) is 6.35 Å². The van der Waals surface area contributed by atoms with Crippen molar-refractivity contribution in [1.29, 1.82) is 0 Å². The molecular formula is C16H24N2O3. The maximum Gasteiger partial charge on any atom is 0.190 e. The number of rotatable bonds is 2. The van der Waals surface area contributed by atoms with Crippen LogP contribution in [0, 0.1) is 6.92 Å². The maximum absolute atomic E-state index is 10.1. The van der Waals surface area contributed by atoms with Gasteiger partial charge in [-0.05, 0) is 36.1 Å².